The number of nitrogens with two attached hydrogens (primary N) is 1. The van der Waals surface area contributed by atoms with Crippen molar-refractivity contribution in [1.29, 1.82) is 0 Å². The van der Waals surface area contributed by atoms with Crippen molar-refractivity contribution >= 4 is 17.3 Å². The van der Waals surface area contributed by atoms with Gasteiger partial charge >= 0.3 is 0 Å². The van der Waals surface area contributed by atoms with Crippen molar-refractivity contribution in [2.75, 3.05) is 10.7 Å². The molecule has 0 aliphatic heterocycles. The second-order valence-corrected chi connectivity index (χ2v) is 4.46. The summed E-state index contributed by atoms with van der Waals surface area (Å²) in [5, 5.41) is 3.24. The van der Waals surface area contributed by atoms with Crippen LogP contribution >= 0.6 is 0 Å². The van der Waals surface area contributed by atoms with Gasteiger partial charge in [0.2, 0.25) is 0 Å². The first kappa shape index (κ1) is 13.1. The quantitative estimate of drug-likeness (QED) is 0.504. The zero-order chi connectivity index (χ0) is 14.5. The van der Waals surface area contributed by atoms with Crippen LogP contribution in [0.4, 0.5) is 17.3 Å². The molecule has 1 heterocycles. The number of anilines is 3. The van der Waals surface area contributed by atoms with Gasteiger partial charge in [0.05, 0.1) is 0 Å². The monoisotopic (exact) mass is 277 g/mol. The largest absolute Gasteiger partial charge is 0.340 e. The third-order valence-electron chi connectivity index (χ3n) is 2.95. The molecule has 0 radical (unpaired) electrons. The van der Waals surface area contributed by atoms with Gasteiger partial charge < -0.3 is 10.7 Å². The molecule has 104 valence electrons. The molecule has 0 amide bonds. The summed E-state index contributed by atoms with van der Waals surface area (Å²) in [5.74, 6) is 7.35. The number of para-hydroxylation sites is 1. The number of hydrogen-bond donors (Lipinski definition) is 3. The fourth-order valence-electron chi connectivity index (χ4n) is 1.97. The SMILES string of the molecule is NNc1cc(Nc2ccccc2)nc(-c2ccccc2)n1. The van der Waals surface area contributed by atoms with Crippen LogP contribution in [0.1, 0.15) is 0 Å². The lowest BCUT2D eigenvalue weighted by molar-refractivity contribution is 1.15. The van der Waals surface area contributed by atoms with Gasteiger partial charge in [0.25, 0.3) is 0 Å². The summed E-state index contributed by atoms with van der Waals surface area (Å²) < 4.78 is 0. The smallest absolute Gasteiger partial charge is 0.163 e. The van der Waals surface area contributed by atoms with Crippen LogP contribution in [0.25, 0.3) is 11.4 Å². The van der Waals surface area contributed by atoms with Crippen LogP contribution in [0.5, 0.6) is 0 Å². The fourth-order valence-corrected chi connectivity index (χ4v) is 1.97. The van der Waals surface area contributed by atoms with Gasteiger partial charge in [-0.25, -0.2) is 15.8 Å². The molecule has 2 aromatic carbocycles. The minimum Gasteiger partial charge on any atom is -0.340 e. The first-order chi connectivity index (χ1) is 10.3. The summed E-state index contributed by atoms with van der Waals surface area (Å²) in [6, 6.07) is 21.4. The van der Waals surface area contributed by atoms with Gasteiger partial charge in [-0.1, -0.05) is 48.5 Å². The Hall–Kier alpha value is -2.92. The lowest BCUT2D eigenvalue weighted by Gasteiger charge is -2.09. The maximum Gasteiger partial charge on any atom is 0.163 e. The molecule has 0 saturated heterocycles. The van der Waals surface area contributed by atoms with Gasteiger partial charge in [-0.05, 0) is 12.1 Å². The number of benzene rings is 2. The van der Waals surface area contributed by atoms with Crippen LogP contribution in [0.15, 0.2) is 66.7 Å². The standard InChI is InChI=1S/C16H15N5/c17-21-15-11-14(18-13-9-5-2-6-10-13)19-16(20-15)12-7-3-1-4-8-12/h1-11H,17H2,(H2,18,19,20,21). The van der Waals surface area contributed by atoms with E-state index < -0.39 is 0 Å². The predicted octanol–water partition coefficient (Wildman–Crippen LogP) is 3.17. The lowest BCUT2D eigenvalue weighted by Crippen LogP contribution is -2.10. The van der Waals surface area contributed by atoms with Crippen LogP contribution in [0.2, 0.25) is 0 Å². The summed E-state index contributed by atoms with van der Waals surface area (Å²) in [5.41, 5.74) is 4.46. The zero-order valence-electron chi connectivity index (χ0n) is 11.3. The normalized spacial score (nSPS) is 10.1. The Bertz CT molecular complexity index is 713. The molecule has 3 rings (SSSR count). The van der Waals surface area contributed by atoms with E-state index in [1.54, 1.807) is 6.07 Å². The number of nitrogen functional groups attached to an aromatic ring is 1. The molecular weight excluding hydrogens is 262 g/mol. The number of hydrogen-bond acceptors (Lipinski definition) is 5. The molecule has 0 fully saturated rings. The Morgan fingerprint density at radius 2 is 1.38 bits per heavy atom. The summed E-state index contributed by atoms with van der Waals surface area (Å²) in [6.07, 6.45) is 0. The molecule has 0 bridgehead atoms. The summed E-state index contributed by atoms with van der Waals surface area (Å²) >= 11 is 0. The molecular formula is C16H15N5. The van der Waals surface area contributed by atoms with Crippen molar-refractivity contribution < 1.29 is 0 Å². The van der Waals surface area contributed by atoms with Crippen LogP contribution in [0, 0.1) is 0 Å². The van der Waals surface area contributed by atoms with E-state index in [4.69, 9.17) is 5.84 Å². The molecule has 0 atom stereocenters. The van der Waals surface area contributed by atoms with E-state index in [0.29, 0.717) is 17.5 Å². The van der Waals surface area contributed by atoms with E-state index >= 15 is 0 Å². The van der Waals surface area contributed by atoms with Gasteiger partial charge in [-0.3, -0.25) is 0 Å². The van der Waals surface area contributed by atoms with Crippen molar-refractivity contribution in [2.24, 2.45) is 5.84 Å². The minimum atomic E-state index is 0.558. The first-order valence-electron chi connectivity index (χ1n) is 6.58. The summed E-state index contributed by atoms with van der Waals surface area (Å²) in [7, 11) is 0. The highest BCUT2D eigenvalue weighted by atomic mass is 15.3. The van der Waals surface area contributed by atoms with Crippen molar-refractivity contribution in [3.8, 4) is 11.4 Å². The Kier molecular flexibility index (Phi) is 3.75. The highest BCUT2D eigenvalue weighted by Gasteiger charge is 2.06. The number of hydrazine groups is 1. The summed E-state index contributed by atoms with van der Waals surface area (Å²) in [6.45, 7) is 0. The van der Waals surface area contributed by atoms with Crippen molar-refractivity contribution in [2.45, 2.75) is 0 Å². The van der Waals surface area contributed by atoms with Crippen LogP contribution < -0.4 is 16.6 Å². The Balaban J connectivity index is 1.98. The second-order valence-electron chi connectivity index (χ2n) is 4.46. The Morgan fingerprint density at radius 1 is 0.762 bits per heavy atom. The molecule has 0 unspecified atom stereocenters. The first-order valence-corrected chi connectivity index (χ1v) is 6.58. The third-order valence-corrected chi connectivity index (χ3v) is 2.95. The van der Waals surface area contributed by atoms with Crippen LogP contribution in [0.3, 0.4) is 0 Å². The van der Waals surface area contributed by atoms with Crippen molar-refractivity contribution in [1.82, 2.24) is 9.97 Å². The number of nitrogens with one attached hydrogen (secondary N) is 2. The second kappa shape index (κ2) is 6.02. The average molecular weight is 277 g/mol. The average Bonchev–Trinajstić information content (AvgIpc) is 2.56. The van der Waals surface area contributed by atoms with Gasteiger partial charge in [0.15, 0.2) is 5.82 Å². The molecule has 0 aliphatic rings. The van der Waals surface area contributed by atoms with Crippen LogP contribution in [-0.4, -0.2) is 9.97 Å². The Morgan fingerprint density at radius 3 is 2.05 bits per heavy atom. The molecule has 21 heavy (non-hydrogen) atoms. The molecule has 4 N–H and O–H groups in total. The van der Waals surface area contributed by atoms with E-state index in [2.05, 4.69) is 20.7 Å². The fraction of sp³-hybridized carbons (Fsp3) is 0. The van der Waals surface area contributed by atoms with E-state index in [1.165, 1.54) is 0 Å². The molecule has 0 spiro atoms. The highest BCUT2D eigenvalue weighted by Crippen LogP contribution is 2.22. The van der Waals surface area contributed by atoms with Gasteiger partial charge in [0, 0.05) is 17.3 Å². The molecule has 0 aliphatic carbocycles. The third kappa shape index (κ3) is 3.16. The van der Waals surface area contributed by atoms with Gasteiger partial charge in [-0.2, -0.15) is 0 Å². The molecule has 0 saturated carbocycles. The predicted molar refractivity (Wildman–Crippen MR) is 85.0 cm³/mol. The number of aromatic nitrogens is 2. The lowest BCUT2D eigenvalue weighted by atomic mass is 10.2. The van der Waals surface area contributed by atoms with E-state index in [0.717, 1.165) is 11.3 Å². The molecule has 1 aromatic heterocycles. The molecule has 5 heteroatoms. The number of nitrogens with zero attached hydrogens (tertiary/aromatic N) is 2. The van der Waals surface area contributed by atoms with Crippen molar-refractivity contribution in [3.63, 3.8) is 0 Å². The van der Waals surface area contributed by atoms with Crippen molar-refractivity contribution in [3.05, 3.63) is 66.7 Å². The number of rotatable bonds is 4. The molecule has 5 nitrogen and oxygen atoms in total. The highest BCUT2D eigenvalue weighted by molar-refractivity contribution is 5.64. The van der Waals surface area contributed by atoms with Crippen LogP contribution in [-0.2, 0) is 0 Å². The van der Waals surface area contributed by atoms with Gasteiger partial charge in [-0.15, -0.1) is 0 Å². The maximum atomic E-state index is 5.49. The summed E-state index contributed by atoms with van der Waals surface area (Å²) in [4.78, 5) is 8.91. The topological polar surface area (TPSA) is 75.9 Å². The van der Waals surface area contributed by atoms with Gasteiger partial charge in [0.1, 0.15) is 11.6 Å². The van der Waals surface area contributed by atoms with E-state index in [1.807, 2.05) is 60.7 Å². The van der Waals surface area contributed by atoms with E-state index in [-0.39, 0.29) is 0 Å². The zero-order valence-corrected chi connectivity index (χ0v) is 11.3. The maximum absolute atomic E-state index is 5.49. The molecule has 3 aromatic rings. The minimum absolute atomic E-state index is 0.558. The van der Waals surface area contributed by atoms with E-state index in [9.17, 15) is 0 Å². The Labute approximate surface area is 122 Å².